The number of carboxylic acids is 1. The average Bonchev–Trinajstić information content (AvgIpc) is 2.86. The van der Waals surface area contributed by atoms with E-state index in [0.717, 1.165) is 0 Å². The van der Waals surface area contributed by atoms with E-state index >= 15 is 0 Å². The van der Waals surface area contributed by atoms with Crippen LogP contribution >= 0.6 is 0 Å². The predicted molar refractivity (Wildman–Crippen MR) is 48.9 cm³/mol. The van der Waals surface area contributed by atoms with Crippen LogP contribution in [0.3, 0.4) is 0 Å². The molecular weight excluding hydrogens is 184 g/mol. The van der Waals surface area contributed by atoms with Crippen molar-refractivity contribution < 1.29 is 14.7 Å². The first-order chi connectivity index (χ1) is 6.52. The SMILES string of the molecule is CC1CN(C2CC2C(=O)O)C(=O)N1C. The lowest BCUT2D eigenvalue weighted by Gasteiger charge is -2.15. The number of carbonyl (C=O) groups is 2. The Balaban J connectivity index is 2.02. The number of aliphatic carboxylic acids is 1. The van der Waals surface area contributed by atoms with Crippen molar-refractivity contribution in [2.24, 2.45) is 5.92 Å². The maximum atomic E-state index is 11.6. The van der Waals surface area contributed by atoms with E-state index in [-0.39, 0.29) is 24.0 Å². The summed E-state index contributed by atoms with van der Waals surface area (Å²) in [5.74, 6) is -1.12. The van der Waals surface area contributed by atoms with Gasteiger partial charge < -0.3 is 14.9 Å². The van der Waals surface area contributed by atoms with Crippen LogP contribution in [0.1, 0.15) is 13.3 Å². The molecule has 0 bridgehead atoms. The van der Waals surface area contributed by atoms with Crippen molar-refractivity contribution in [2.45, 2.75) is 25.4 Å². The third kappa shape index (κ3) is 1.23. The fourth-order valence-electron chi connectivity index (χ4n) is 1.95. The number of likely N-dealkylation sites (N-methyl/N-ethyl adjacent to an activating group) is 1. The zero-order chi connectivity index (χ0) is 10.5. The fraction of sp³-hybridized carbons (Fsp3) is 0.778. The molecular formula is C9H14N2O3. The summed E-state index contributed by atoms with van der Waals surface area (Å²) in [6.07, 6.45) is 0.613. The van der Waals surface area contributed by atoms with Gasteiger partial charge in [-0.05, 0) is 13.3 Å². The summed E-state index contributed by atoms with van der Waals surface area (Å²) in [6, 6.07) is 0.0937. The summed E-state index contributed by atoms with van der Waals surface area (Å²) in [7, 11) is 1.76. The second-order valence-corrected chi connectivity index (χ2v) is 4.14. The number of nitrogens with zero attached hydrogens (tertiary/aromatic N) is 2. The topological polar surface area (TPSA) is 60.9 Å². The third-order valence-electron chi connectivity index (χ3n) is 3.14. The normalized spacial score (nSPS) is 36.4. The Kier molecular flexibility index (Phi) is 1.90. The quantitative estimate of drug-likeness (QED) is 0.690. The number of carbonyl (C=O) groups excluding carboxylic acids is 1. The van der Waals surface area contributed by atoms with E-state index in [9.17, 15) is 9.59 Å². The minimum atomic E-state index is -0.787. The zero-order valence-corrected chi connectivity index (χ0v) is 8.30. The molecule has 5 heteroatoms. The van der Waals surface area contributed by atoms with Gasteiger partial charge >= 0.3 is 12.0 Å². The molecule has 0 aromatic carbocycles. The van der Waals surface area contributed by atoms with Crippen LogP contribution < -0.4 is 0 Å². The van der Waals surface area contributed by atoms with Gasteiger partial charge in [-0.25, -0.2) is 4.79 Å². The molecule has 1 saturated carbocycles. The predicted octanol–water partition coefficient (Wildman–Crippen LogP) is 0.215. The summed E-state index contributed by atoms with van der Waals surface area (Å²) in [6.45, 7) is 2.62. The summed E-state index contributed by atoms with van der Waals surface area (Å²) in [5, 5.41) is 8.75. The van der Waals surface area contributed by atoms with E-state index in [0.29, 0.717) is 13.0 Å². The van der Waals surface area contributed by atoms with Gasteiger partial charge in [0.1, 0.15) is 0 Å². The molecule has 1 heterocycles. The maximum Gasteiger partial charge on any atom is 0.320 e. The number of urea groups is 1. The van der Waals surface area contributed by atoms with Gasteiger partial charge in [0.05, 0.1) is 5.92 Å². The highest BCUT2D eigenvalue weighted by Gasteiger charge is 2.51. The van der Waals surface area contributed by atoms with Crippen molar-refractivity contribution in [3.05, 3.63) is 0 Å². The Bertz CT molecular complexity index is 292. The lowest BCUT2D eigenvalue weighted by molar-refractivity contribution is -0.138. The molecule has 78 valence electrons. The van der Waals surface area contributed by atoms with Crippen molar-refractivity contribution in [2.75, 3.05) is 13.6 Å². The minimum absolute atomic E-state index is 0.0359. The van der Waals surface area contributed by atoms with Gasteiger partial charge in [-0.2, -0.15) is 0 Å². The van der Waals surface area contributed by atoms with Crippen LogP contribution in [0.15, 0.2) is 0 Å². The molecule has 2 fully saturated rings. The van der Waals surface area contributed by atoms with E-state index in [4.69, 9.17) is 5.11 Å². The fourth-order valence-corrected chi connectivity index (χ4v) is 1.95. The van der Waals surface area contributed by atoms with E-state index in [1.807, 2.05) is 6.92 Å². The molecule has 0 aromatic heterocycles. The molecule has 2 aliphatic rings. The van der Waals surface area contributed by atoms with Crippen molar-refractivity contribution in [3.63, 3.8) is 0 Å². The first kappa shape index (κ1) is 9.30. The Hall–Kier alpha value is -1.26. The molecule has 5 nitrogen and oxygen atoms in total. The molecule has 3 unspecified atom stereocenters. The van der Waals surface area contributed by atoms with Gasteiger partial charge in [0, 0.05) is 25.7 Å². The van der Waals surface area contributed by atoms with Crippen LogP contribution in [-0.2, 0) is 4.79 Å². The molecule has 1 aliphatic carbocycles. The van der Waals surface area contributed by atoms with Gasteiger partial charge in [0.15, 0.2) is 0 Å². The molecule has 1 saturated heterocycles. The number of rotatable bonds is 2. The third-order valence-corrected chi connectivity index (χ3v) is 3.14. The molecule has 0 spiro atoms. The zero-order valence-electron chi connectivity index (χ0n) is 8.30. The van der Waals surface area contributed by atoms with Crippen molar-refractivity contribution in [1.82, 2.24) is 9.80 Å². The lowest BCUT2D eigenvalue weighted by Crippen LogP contribution is -2.33. The second kappa shape index (κ2) is 2.87. The molecule has 2 rings (SSSR count). The van der Waals surface area contributed by atoms with Crippen LogP contribution in [-0.4, -0.2) is 52.6 Å². The van der Waals surface area contributed by atoms with E-state index < -0.39 is 5.97 Å². The van der Waals surface area contributed by atoms with E-state index in [2.05, 4.69) is 0 Å². The van der Waals surface area contributed by atoms with Crippen molar-refractivity contribution in [3.8, 4) is 0 Å². The van der Waals surface area contributed by atoms with Gasteiger partial charge in [-0.3, -0.25) is 4.79 Å². The average molecular weight is 198 g/mol. The number of hydrogen-bond acceptors (Lipinski definition) is 2. The Labute approximate surface area is 82.3 Å². The highest BCUT2D eigenvalue weighted by molar-refractivity contribution is 5.81. The van der Waals surface area contributed by atoms with E-state index in [1.54, 1.807) is 16.8 Å². The minimum Gasteiger partial charge on any atom is -0.481 e. The first-order valence-corrected chi connectivity index (χ1v) is 4.78. The van der Waals surface area contributed by atoms with Gasteiger partial charge in [0.25, 0.3) is 0 Å². The highest BCUT2D eigenvalue weighted by atomic mass is 16.4. The Morgan fingerprint density at radius 2 is 2.21 bits per heavy atom. The van der Waals surface area contributed by atoms with Crippen LogP contribution in [0.5, 0.6) is 0 Å². The van der Waals surface area contributed by atoms with E-state index in [1.165, 1.54) is 0 Å². The summed E-state index contributed by atoms with van der Waals surface area (Å²) in [5.41, 5.74) is 0. The van der Waals surface area contributed by atoms with Gasteiger partial charge in [0.2, 0.25) is 0 Å². The summed E-state index contributed by atoms with van der Waals surface area (Å²) in [4.78, 5) is 25.6. The first-order valence-electron chi connectivity index (χ1n) is 4.78. The maximum absolute atomic E-state index is 11.6. The monoisotopic (exact) mass is 198 g/mol. The Morgan fingerprint density at radius 1 is 1.57 bits per heavy atom. The summed E-state index contributed by atoms with van der Waals surface area (Å²) >= 11 is 0. The molecule has 1 aliphatic heterocycles. The molecule has 3 atom stereocenters. The Morgan fingerprint density at radius 3 is 2.57 bits per heavy atom. The van der Waals surface area contributed by atoms with Crippen molar-refractivity contribution >= 4 is 12.0 Å². The molecule has 14 heavy (non-hydrogen) atoms. The second-order valence-electron chi connectivity index (χ2n) is 4.14. The molecule has 1 N–H and O–H groups in total. The lowest BCUT2D eigenvalue weighted by atomic mass is 10.3. The van der Waals surface area contributed by atoms with Crippen LogP contribution in [0.25, 0.3) is 0 Å². The molecule has 0 aromatic rings. The van der Waals surface area contributed by atoms with Crippen LogP contribution in [0.2, 0.25) is 0 Å². The highest BCUT2D eigenvalue weighted by Crippen LogP contribution is 2.38. The summed E-state index contributed by atoms with van der Waals surface area (Å²) < 4.78 is 0. The standard InChI is InChI=1S/C9H14N2O3/c1-5-4-11(9(14)10(5)2)7-3-6(7)8(12)13/h5-7H,3-4H2,1-2H3,(H,12,13). The number of amides is 2. The van der Waals surface area contributed by atoms with Crippen LogP contribution in [0.4, 0.5) is 4.79 Å². The molecule has 0 radical (unpaired) electrons. The van der Waals surface area contributed by atoms with Crippen molar-refractivity contribution in [1.29, 1.82) is 0 Å². The number of hydrogen-bond donors (Lipinski definition) is 1. The molecule has 2 amide bonds. The smallest absolute Gasteiger partial charge is 0.320 e. The largest absolute Gasteiger partial charge is 0.481 e. The van der Waals surface area contributed by atoms with Gasteiger partial charge in [-0.1, -0.05) is 0 Å². The van der Waals surface area contributed by atoms with Crippen LogP contribution in [0, 0.1) is 5.92 Å². The van der Waals surface area contributed by atoms with Gasteiger partial charge in [-0.15, -0.1) is 0 Å². The number of carboxylic acid groups (broad SMARTS) is 1.